The number of alkyl carbamates (subject to hydrolysis) is 1. The summed E-state index contributed by atoms with van der Waals surface area (Å²) in [6.07, 6.45) is -0.647. The molecule has 2 amide bonds. The Labute approximate surface area is 193 Å². The number of ether oxygens (including phenoxy) is 1. The molecule has 1 fully saturated rings. The molecule has 3 atom stereocenters. The topological polar surface area (TPSA) is 95.9 Å². The first-order chi connectivity index (χ1) is 15.8. The van der Waals surface area contributed by atoms with Crippen LogP contribution < -0.4 is 5.32 Å². The summed E-state index contributed by atoms with van der Waals surface area (Å²) in [5.74, 6) is -2.12. The maximum atomic E-state index is 13.1. The average molecular weight is 451 g/mol. The van der Waals surface area contributed by atoms with Crippen molar-refractivity contribution >= 4 is 18.0 Å². The van der Waals surface area contributed by atoms with Gasteiger partial charge in [-0.25, -0.2) is 4.79 Å². The van der Waals surface area contributed by atoms with Crippen LogP contribution in [-0.4, -0.2) is 53.7 Å². The molecule has 0 saturated carbocycles. The molecule has 0 aromatic heterocycles. The Bertz CT molecular complexity index is 1020. The first kappa shape index (κ1) is 22.8. The fourth-order valence-electron chi connectivity index (χ4n) is 4.95. The predicted molar refractivity (Wildman–Crippen MR) is 124 cm³/mol. The monoisotopic (exact) mass is 450 g/mol. The van der Waals surface area contributed by atoms with Gasteiger partial charge in [0, 0.05) is 19.0 Å². The summed E-state index contributed by atoms with van der Waals surface area (Å²) in [6, 6.07) is 15.4. The third-order valence-corrected chi connectivity index (χ3v) is 6.79. The van der Waals surface area contributed by atoms with Crippen molar-refractivity contribution in [2.24, 2.45) is 17.8 Å². The van der Waals surface area contributed by atoms with Crippen LogP contribution in [0.5, 0.6) is 0 Å². The summed E-state index contributed by atoms with van der Waals surface area (Å²) < 4.78 is 5.60. The zero-order valence-electron chi connectivity index (χ0n) is 19.2. The molecule has 1 aliphatic heterocycles. The molecular weight excluding hydrogens is 420 g/mol. The average Bonchev–Trinajstić information content (AvgIpc) is 3.34. The van der Waals surface area contributed by atoms with Crippen molar-refractivity contribution in [2.75, 3.05) is 19.7 Å². The molecule has 7 nitrogen and oxygen atoms in total. The molecule has 0 radical (unpaired) electrons. The molecule has 1 saturated heterocycles. The highest BCUT2D eigenvalue weighted by atomic mass is 16.5. The summed E-state index contributed by atoms with van der Waals surface area (Å²) in [7, 11) is 0. The summed E-state index contributed by atoms with van der Waals surface area (Å²) in [5.41, 5.74) is 4.53. The van der Waals surface area contributed by atoms with Crippen LogP contribution in [-0.2, 0) is 14.3 Å². The lowest BCUT2D eigenvalue weighted by molar-refractivity contribution is -0.142. The molecule has 0 bridgehead atoms. The van der Waals surface area contributed by atoms with Gasteiger partial charge in [-0.05, 0) is 34.1 Å². The number of benzene rings is 2. The van der Waals surface area contributed by atoms with Gasteiger partial charge in [0.1, 0.15) is 12.6 Å². The molecule has 0 spiro atoms. The van der Waals surface area contributed by atoms with Gasteiger partial charge in [-0.15, -0.1) is 0 Å². The van der Waals surface area contributed by atoms with E-state index in [4.69, 9.17) is 4.74 Å². The Balaban J connectivity index is 1.41. The Hall–Kier alpha value is -3.35. The molecule has 1 heterocycles. The predicted octanol–water partition coefficient (Wildman–Crippen LogP) is 3.73. The van der Waals surface area contributed by atoms with Crippen LogP contribution in [0.2, 0.25) is 0 Å². The van der Waals surface area contributed by atoms with E-state index in [0.29, 0.717) is 6.54 Å². The van der Waals surface area contributed by atoms with E-state index in [0.717, 1.165) is 22.3 Å². The Kier molecular flexibility index (Phi) is 6.40. The number of fused-ring (bicyclic) bond motifs is 3. The van der Waals surface area contributed by atoms with E-state index >= 15 is 0 Å². The molecule has 2 N–H and O–H groups in total. The van der Waals surface area contributed by atoms with Gasteiger partial charge in [0.2, 0.25) is 5.91 Å². The number of rotatable bonds is 6. The molecule has 4 rings (SSSR count). The van der Waals surface area contributed by atoms with Gasteiger partial charge in [-0.1, -0.05) is 69.3 Å². The smallest absolute Gasteiger partial charge is 0.407 e. The number of nitrogens with zero attached hydrogens (tertiary/aromatic N) is 1. The summed E-state index contributed by atoms with van der Waals surface area (Å²) in [4.78, 5) is 38.7. The van der Waals surface area contributed by atoms with Crippen molar-refractivity contribution in [3.05, 3.63) is 59.7 Å². The summed E-state index contributed by atoms with van der Waals surface area (Å²) >= 11 is 0. The molecule has 174 valence electrons. The van der Waals surface area contributed by atoms with E-state index < -0.39 is 24.0 Å². The van der Waals surface area contributed by atoms with Gasteiger partial charge >= 0.3 is 12.1 Å². The highest BCUT2D eigenvalue weighted by Gasteiger charge is 2.40. The molecule has 2 aromatic rings. The molecular formula is C26H30N2O5. The summed E-state index contributed by atoms with van der Waals surface area (Å²) in [5, 5.41) is 12.1. The standard InChI is InChI=1S/C26H30N2O5/c1-15(2)23(24(29)28-12-16(3)21(13-28)25(30)31)27-26(32)33-14-22-19-10-6-4-8-17(19)18-9-5-7-11-20(18)22/h4-11,15-16,21-23H,12-14H2,1-3H3,(H,27,32)(H,30,31)/t16-,21-,23+/m0/s1. The molecule has 2 aromatic carbocycles. The van der Waals surface area contributed by atoms with E-state index in [9.17, 15) is 19.5 Å². The van der Waals surface area contributed by atoms with Gasteiger partial charge in [-0.2, -0.15) is 0 Å². The fourth-order valence-corrected chi connectivity index (χ4v) is 4.95. The van der Waals surface area contributed by atoms with E-state index in [1.54, 1.807) is 0 Å². The number of carboxylic acids is 1. The second-order valence-corrected chi connectivity index (χ2v) is 9.36. The van der Waals surface area contributed by atoms with Gasteiger partial charge in [0.15, 0.2) is 0 Å². The molecule has 1 aliphatic carbocycles. The number of likely N-dealkylation sites (tertiary alicyclic amines) is 1. The minimum atomic E-state index is -0.900. The van der Waals surface area contributed by atoms with Crippen molar-refractivity contribution in [1.82, 2.24) is 10.2 Å². The van der Waals surface area contributed by atoms with Crippen molar-refractivity contribution in [1.29, 1.82) is 0 Å². The number of carboxylic acid groups (broad SMARTS) is 1. The normalized spacial score (nSPS) is 20.3. The molecule has 33 heavy (non-hydrogen) atoms. The van der Waals surface area contributed by atoms with Crippen molar-refractivity contribution < 1.29 is 24.2 Å². The van der Waals surface area contributed by atoms with Gasteiger partial charge in [0.05, 0.1) is 5.92 Å². The number of hydrogen-bond acceptors (Lipinski definition) is 4. The second-order valence-electron chi connectivity index (χ2n) is 9.36. The Morgan fingerprint density at radius 1 is 1.03 bits per heavy atom. The van der Waals surface area contributed by atoms with Crippen LogP contribution >= 0.6 is 0 Å². The largest absolute Gasteiger partial charge is 0.481 e. The minimum absolute atomic E-state index is 0.0629. The lowest BCUT2D eigenvalue weighted by atomic mass is 9.98. The van der Waals surface area contributed by atoms with Crippen molar-refractivity contribution in [3.63, 3.8) is 0 Å². The summed E-state index contributed by atoms with van der Waals surface area (Å²) in [6.45, 7) is 6.22. The van der Waals surface area contributed by atoms with E-state index in [2.05, 4.69) is 29.6 Å². The highest BCUT2D eigenvalue weighted by molar-refractivity contribution is 5.87. The van der Waals surface area contributed by atoms with Crippen molar-refractivity contribution in [2.45, 2.75) is 32.7 Å². The zero-order chi connectivity index (χ0) is 23.7. The molecule has 0 unspecified atom stereocenters. The van der Waals surface area contributed by atoms with Gasteiger partial charge in [-0.3, -0.25) is 9.59 Å². The molecule has 2 aliphatic rings. The maximum Gasteiger partial charge on any atom is 0.407 e. The Morgan fingerprint density at radius 3 is 2.12 bits per heavy atom. The Morgan fingerprint density at radius 2 is 1.61 bits per heavy atom. The van der Waals surface area contributed by atoms with Crippen LogP contribution in [0.25, 0.3) is 11.1 Å². The van der Waals surface area contributed by atoms with Crippen LogP contribution in [0.3, 0.4) is 0 Å². The number of carbonyl (C=O) groups is 3. The third-order valence-electron chi connectivity index (χ3n) is 6.79. The van der Waals surface area contributed by atoms with Gasteiger partial charge < -0.3 is 20.1 Å². The first-order valence-electron chi connectivity index (χ1n) is 11.4. The van der Waals surface area contributed by atoms with Crippen molar-refractivity contribution in [3.8, 4) is 11.1 Å². The third kappa shape index (κ3) is 4.45. The maximum absolute atomic E-state index is 13.1. The SMILES string of the molecule is CC(C)[C@@H](NC(=O)OCC1c2ccccc2-c2ccccc21)C(=O)N1C[C@H](C(=O)O)[C@@H](C)C1. The first-order valence-corrected chi connectivity index (χ1v) is 11.4. The van der Waals surface area contributed by atoms with Crippen LogP contribution in [0, 0.1) is 17.8 Å². The van der Waals surface area contributed by atoms with Gasteiger partial charge in [0.25, 0.3) is 0 Å². The fraction of sp³-hybridized carbons (Fsp3) is 0.423. The van der Waals surface area contributed by atoms with Crippen LogP contribution in [0.4, 0.5) is 4.79 Å². The quantitative estimate of drug-likeness (QED) is 0.699. The zero-order valence-corrected chi connectivity index (χ0v) is 19.2. The number of aliphatic carboxylic acids is 1. The number of nitrogens with one attached hydrogen (secondary N) is 1. The minimum Gasteiger partial charge on any atom is -0.481 e. The number of amides is 2. The van der Waals surface area contributed by atoms with E-state index in [-0.39, 0.29) is 36.8 Å². The molecule has 7 heteroatoms. The lowest BCUT2D eigenvalue weighted by Crippen LogP contribution is -2.51. The van der Waals surface area contributed by atoms with Crippen LogP contribution in [0.15, 0.2) is 48.5 Å². The number of carbonyl (C=O) groups excluding carboxylic acids is 2. The van der Waals surface area contributed by atoms with Crippen LogP contribution in [0.1, 0.15) is 37.8 Å². The van der Waals surface area contributed by atoms with E-state index in [1.165, 1.54) is 4.90 Å². The second kappa shape index (κ2) is 9.25. The number of hydrogen-bond donors (Lipinski definition) is 2. The van der Waals surface area contributed by atoms with E-state index in [1.807, 2.05) is 45.0 Å². The lowest BCUT2D eigenvalue weighted by Gasteiger charge is -2.27. The highest BCUT2D eigenvalue weighted by Crippen LogP contribution is 2.44.